The van der Waals surface area contributed by atoms with Gasteiger partial charge in [0.2, 0.25) is 0 Å². The molecule has 2 rings (SSSR count). The molecule has 1 aliphatic rings. The topological polar surface area (TPSA) is 29.1 Å². The van der Waals surface area contributed by atoms with E-state index in [1.807, 2.05) is 6.07 Å². The Morgan fingerprint density at radius 1 is 1.50 bits per heavy atom. The molecule has 0 radical (unpaired) electrons. The number of benzene rings is 1. The number of ketones is 1. The van der Waals surface area contributed by atoms with Crippen LogP contribution in [0.2, 0.25) is 0 Å². The zero-order chi connectivity index (χ0) is 11.5. The minimum atomic E-state index is 0.183. The Morgan fingerprint density at radius 3 is 3.06 bits per heavy atom. The third-order valence-corrected chi connectivity index (χ3v) is 3.42. The molecule has 2 heteroatoms. The summed E-state index contributed by atoms with van der Waals surface area (Å²) < 4.78 is 0. The van der Waals surface area contributed by atoms with E-state index in [-0.39, 0.29) is 5.78 Å². The predicted octanol–water partition coefficient (Wildman–Crippen LogP) is 2.53. The van der Waals surface area contributed by atoms with Gasteiger partial charge in [0.15, 0.2) is 5.78 Å². The fourth-order valence-electron chi connectivity index (χ4n) is 2.47. The van der Waals surface area contributed by atoms with Crippen LogP contribution in [0.15, 0.2) is 18.2 Å². The molecule has 0 aliphatic heterocycles. The van der Waals surface area contributed by atoms with E-state index in [9.17, 15) is 4.79 Å². The summed E-state index contributed by atoms with van der Waals surface area (Å²) in [6, 6.07) is 6.20. The van der Waals surface area contributed by atoms with Gasteiger partial charge >= 0.3 is 0 Å². The van der Waals surface area contributed by atoms with Crippen molar-refractivity contribution in [3.8, 4) is 0 Å². The van der Waals surface area contributed by atoms with Crippen LogP contribution in [0.3, 0.4) is 0 Å². The molecule has 0 saturated heterocycles. The molecular weight excluding hydrogens is 198 g/mol. The van der Waals surface area contributed by atoms with Crippen molar-refractivity contribution in [2.75, 3.05) is 13.6 Å². The first kappa shape index (κ1) is 11.3. The number of carbonyl (C=O) groups excluding carboxylic acids is 1. The maximum absolute atomic E-state index is 11.8. The van der Waals surface area contributed by atoms with Crippen molar-refractivity contribution in [1.29, 1.82) is 0 Å². The highest BCUT2D eigenvalue weighted by atomic mass is 16.1. The number of hydrogen-bond donors (Lipinski definition) is 1. The van der Waals surface area contributed by atoms with E-state index in [4.69, 9.17) is 0 Å². The van der Waals surface area contributed by atoms with Gasteiger partial charge in [-0.1, -0.05) is 19.1 Å². The third kappa shape index (κ3) is 2.17. The fourth-order valence-corrected chi connectivity index (χ4v) is 2.47. The Balaban J connectivity index is 2.30. The molecule has 0 aromatic heterocycles. The summed E-state index contributed by atoms with van der Waals surface area (Å²) in [5, 5.41) is 2.91. The summed E-state index contributed by atoms with van der Waals surface area (Å²) in [4.78, 5) is 11.8. The fraction of sp³-hybridized carbons (Fsp3) is 0.500. The average molecular weight is 217 g/mol. The first-order valence-corrected chi connectivity index (χ1v) is 6.03. The molecule has 0 heterocycles. The summed E-state index contributed by atoms with van der Waals surface area (Å²) >= 11 is 0. The van der Waals surface area contributed by atoms with E-state index in [1.165, 1.54) is 30.4 Å². The summed E-state index contributed by atoms with van der Waals surface area (Å²) in [5.74, 6) is 0.786. The van der Waals surface area contributed by atoms with Gasteiger partial charge in [-0.3, -0.25) is 4.79 Å². The van der Waals surface area contributed by atoms with Crippen LogP contribution in [0.1, 0.15) is 47.2 Å². The van der Waals surface area contributed by atoms with Gasteiger partial charge in [-0.05, 0) is 49.4 Å². The van der Waals surface area contributed by atoms with Crippen molar-refractivity contribution in [1.82, 2.24) is 5.32 Å². The monoisotopic (exact) mass is 217 g/mol. The number of Topliss-reactive ketones (excluding diaryl/α,β-unsaturated/α-hetero) is 1. The molecule has 1 aromatic rings. The molecule has 1 aliphatic carbocycles. The molecular formula is C14H19NO. The molecule has 0 saturated carbocycles. The predicted molar refractivity (Wildman–Crippen MR) is 66.1 cm³/mol. The van der Waals surface area contributed by atoms with Gasteiger partial charge in [0, 0.05) is 5.56 Å². The van der Waals surface area contributed by atoms with Crippen LogP contribution < -0.4 is 5.32 Å². The highest BCUT2D eigenvalue weighted by Crippen LogP contribution is 2.31. The first-order chi connectivity index (χ1) is 7.72. The molecule has 86 valence electrons. The zero-order valence-electron chi connectivity index (χ0n) is 10.0. The summed E-state index contributed by atoms with van der Waals surface area (Å²) in [5.41, 5.74) is 3.66. The van der Waals surface area contributed by atoms with Gasteiger partial charge in [-0.25, -0.2) is 0 Å². The number of fused-ring (bicyclic) bond motifs is 1. The van der Waals surface area contributed by atoms with E-state index in [2.05, 4.69) is 24.4 Å². The maximum Gasteiger partial charge on any atom is 0.176 e. The van der Waals surface area contributed by atoms with E-state index in [0.29, 0.717) is 12.5 Å². The van der Waals surface area contributed by atoms with E-state index >= 15 is 0 Å². The SMILES string of the molecule is CNCC(=O)c1ccc2c(c1)C(C)CCC2. The number of hydrogen-bond acceptors (Lipinski definition) is 2. The van der Waals surface area contributed by atoms with Gasteiger partial charge in [0.05, 0.1) is 6.54 Å². The number of rotatable bonds is 3. The Kier molecular flexibility index (Phi) is 3.39. The van der Waals surface area contributed by atoms with Crippen LogP contribution in [0.25, 0.3) is 0 Å². The first-order valence-electron chi connectivity index (χ1n) is 6.03. The molecule has 0 bridgehead atoms. The van der Waals surface area contributed by atoms with Gasteiger partial charge in [-0.2, -0.15) is 0 Å². The molecule has 1 unspecified atom stereocenters. The van der Waals surface area contributed by atoms with E-state index in [1.54, 1.807) is 7.05 Å². The molecule has 0 amide bonds. The van der Waals surface area contributed by atoms with Crippen molar-refractivity contribution < 1.29 is 4.79 Å². The highest BCUT2D eigenvalue weighted by Gasteiger charge is 2.17. The van der Waals surface area contributed by atoms with E-state index in [0.717, 1.165) is 5.56 Å². The van der Waals surface area contributed by atoms with Crippen LogP contribution in [0, 0.1) is 0 Å². The molecule has 16 heavy (non-hydrogen) atoms. The Labute approximate surface area is 97.1 Å². The second-order valence-electron chi connectivity index (χ2n) is 4.66. The van der Waals surface area contributed by atoms with Gasteiger partial charge in [-0.15, -0.1) is 0 Å². The smallest absolute Gasteiger partial charge is 0.176 e. The van der Waals surface area contributed by atoms with E-state index < -0.39 is 0 Å². The zero-order valence-corrected chi connectivity index (χ0v) is 10.0. The van der Waals surface area contributed by atoms with Crippen LogP contribution >= 0.6 is 0 Å². The van der Waals surface area contributed by atoms with Crippen LogP contribution in [0.4, 0.5) is 0 Å². The lowest BCUT2D eigenvalue weighted by Crippen LogP contribution is -2.19. The van der Waals surface area contributed by atoms with Crippen LogP contribution in [0.5, 0.6) is 0 Å². The lowest BCUT2D eigenvalue weighted by atomic mass is 9.83. The quantitative estimate of drug-likeness (QED) is 0.788. The number of aryl methyl sites for hydroxylation is 1. The Morgan fingerprint density at radius 2 is 2.31 bits per heavy atom. The van der Waals surface area contributed by atoms with Crippen molar-refractivity contribution in [3.63, 3.8) is 0 Å². The maximum atomic E-state index is 11.8. The third-order valence-electron chi connectivity index (χ3n) is 3.42. The van der Waals surface area contributed by atoms with Gasteiger partial charge in [0.1, 0.15) is 0 Å². The number of nitrogens with one attached hydrogen (secondary N) is 1. The van der Waals surface area contributed by atoms with Crippen molar-refractivity contribution >= 4 is 5.78 Å². The minimum absolute atomic E-state index is 0.183. The second-order valence-corrected chi connectivity index (χ2v) is 4.66. The van der Waals surface area contributed by atoms with Crippen molar-refractivity contribution in [2.24, 2.45) is 0 Å². The lowest BCUT2D eigenvalue weighted by Gasteiger charge is -2.22. The molecule has 1 aromatic carbocycles. The van der Waals surface area contributed by atoms with Crippen molar-refractivity contribution in [3.05, 3.63) is 34.9 Å². The molecule has 2 nitrogen and oxygen atoms in total. The average Bonchev–Trinajstić information content (AvgIpc) is 2.29. The van der Waals surface area contributed by atoms with Crippen LogP contribution in [-0.2, 0) is 6.42 Å². The van der Waals surface area contributed by atoms with Crippen molar-refractivity contribution in [2.45, 2.75) is 32.1 Å². The highest BCUT2D eigenvalue weighted by molar-refractivity contribution is 5.97. The largest absolute Gasteiger partial charge is 0.313 e. The van der Waals surface area contributed by atoms with Gasteiger partial charge in [0.25, 0.3) is 0 Å². The molecule has 1 atom stereocenters. The minimum Gasteiger partial charge on any atom is -0.313 e. The molecule has 1 N–H and O–H groups in total. The van der Waals surface area contributed by atoms with Crippen LogP contribution in [-0.4, -0.2) is 19.4 Å². The Hall–Kier alpha value is -1.15. The summed E-state index contributed by atoms with van der Waals surface area (Å²) in [6.07, 6.45) is 3.69. The number of likely N-dealkylation sites (N-methyl/N-ethyl adjacent to an activating group) is 1. The summed E-state index contributed by atoms with van der Waals surface area (Å²) in [6.45, 7) is 2.68. The van der Waals surface area contributed by atoms with Gasteiger partial charge < -0.3 is 5.32 Å². The Bertz CT molecular complexity index is 398. The number of carbonyl (C=O) groups is 1. The lowest BCUT2D eigenvalue weighted by molar-refractivity contribution is 0.0993. The molecule has 0 fully saturated rings. The second kappa shape index (κ2) is 4.79. The normalized spacial score (nSPS) is 19.2. The standard InChI is InChI=1S/C14H19NO/c1-10-4-3-5-11-6-7-12(8-13(10)11)14(16)9-15-2/h6-8,10,15H,3-5,9H2,1-2H3. The summed E-state index contributed by atoms with van der Waals surface area (Å²) in [7, 11) is 1.80. The molecule has 0 spiro atoms.